The summed E-state index contributed by atoms with van der Waals surface area (Å²) in [4.78, 5) is 12.2. The molecular weight excluding hydrogens is 252 g/mol. The molecule has 0 bridgehead atoms. The summed E-state index contributed by atoms with van der Waals surface area (Å²) < 4.78 is 7.38. The van der Waals surface area contributed by atoms with E-state index >= 15 is 0 Å². The molecule has 4 heteroatoms. The molecule has 0 saturated carbocycles. The summed E-state index contributed by atoms with van der Waals surface area (Å²) in [6.45, 7) is 1.50. The number of hydrogen-bond donors (Lipinski definition) is 1. The Labute approximate surface area is 118 Å². The monoisotopic (exact) mass is 272 g/mol. The quantitative estimate of drug-likeness (QED) is 0.929. The molecule has 0 radical (unpaired) electrons. The number of para-hydroxylation sites is 1. The van der Waals surface area contributed by atoms with Crippen LogP contribution in [0.5, 0.6) is 0 Å². The van der Waals surface area contributed by atoms with Crippen LogP contribution in [0.15, 0.2) is 30.5 Å². The van der Waals surface area contributed by atoms with Gasteiger partial charge in [0.25, 0.3) is 0 Å². The van der Waals surface area contributed by atoms with Gasteiger partial charge in [0.2, 0.25) is 5.91 Å². The Hall–Kier alpha value is -1.81. The fraction of sp³-hybridized carbons (Fsp3) is 0.438. The minimum absolute atomic E-state index is 0.105. The minimum atomic E-state index is 0.105. The third-order valence-electron chi connectivity index (χ3n) is 3.92. The number of aryl methyl sites for hydroxylation is 1. The highest BCUT2D eigenvalue weighted by molar-refractivity contribution is 5.89. The van der Waals surface area contributed by atoms with Crippen molar-refractivity contribution < 1.29 is 9.53 Å². The molecule has 1 saturated heterocycles. The van der Waals surface area contributed by atoms with Crippen molar-refractivity contribution in [2.24, 2.45) is 7.05 Å². The second-order valence-corrected chi connectivity index (χ2v) is 5.41. The van der Waals surface area contributed by atoms with Crippen LogP contribution in [0.2, 0.25) is 0 Å². The predicted octanol–water partition coefficient (Wildman–Crippen LogP) is 2.02. The Bertz CT molecular complexity index is 612. The lowest BCUT2D eigenvalue weighted by Crippen LogP contribution is -2.39. The lowest BCUT2D eigenvalue weighted by Gasteiger charge is -2.23. The molecular formula is C16H20N2O2. The first kappa shape index (κ1) is 13.2. The van der Waals surface area contributed by atoms with E-state index in [9.17, 15) is 4.79 Å². The normalized spacial score (nSPS) is 16.4. The standard InChI is InChI=1S/C16H20N2O2/c1-18-11-12(14-4-2-3-5-15(14)18)10-16(19)17-13-6-8-20-9-7-13/h2-5,11,13H,6-10H2,1H3,(H,17,19). The van der Waals surface area contributed by atoms with Crippen LogP contribution < -0.4 is 5.32 Å². The molecule has 1 aliphatic heterocycles. The Balaban J connectivity index is 1.71. The summed E-state index contributed by atoms with van der Waals surface area (Å²) in [7, 11) is 2.02. The molecule has 2 aromatic rings. The Morgan fingerprint density at radius 3 is 2.90 bits per heavy atom. The van der Waals surface area contributed by atoms with Gasteiger partial charge in [-0.25, -0.2) is 0 Å². The third-order valence-corrected chi connectivity index (χ3v) is 3.92. The van der Waals surface area contributed by atoms with Crippen molar-refractivity contribution in [3.8, 4) is 0 Å². The first-order valence-electron chi connectivity index (χ1n) is 7.14. The molecule has 1 aromatic carbocycles. The molecule has 4 nitrogen and oxygen atoms in total. The van der Waals surface area contributed by atoms with Gasteiger partial charge in [0.1, 0.15) is 0 Å². The zero-order chi connectivity index (χ0) is 13.9. The van der Waals surface area contributed by atoms with E-state index in [0.717, 1.165) is 37.0 Å². The van der Waals surface area contributed by atoms with Gasteiger partial charge in [-0.15, -0.1) is 0 Å². The van der Waals surface area contributed by atoms with E-state index in [4.69, 9.17) is 4.74 Å². The van der Waals surface area contributed by atoms with Crippen molar-refractivity contribution in [2.45, 2.75) is 25.3 Å². The van der Waals surface area contributed by atoms with Gasteiger partial charge >= 0.3 is 0 Å². The number of carbonyl (C=O) groups excluding carboxylic acids is 1. The van der Waals surface area contributed by atoms with Gasteiger partial charge in [-0.05, 0) is 24.5 Å². The summed E-state index contributed by atoms with van der Waals surface area (Å²) in [5, 5.41) is 4.28. The second kappa shape index (κ2) is 5.67. The molecule has 1 amide bonds. The van der Waals surface area contributed by atoms with Crippen LogP contribution >= 0.6 is 0 Å². The fourth-order valence-corrected chi connectivity index (χ4v) is 2.86. The first-order chi connectivity index (χ1) is 9.74. The maximum absolute atomic E-state index is 12.2. The van der Waals surface area contributed by atoms with E-state index in [1.807, 2.05) is 25.4 Å². The topological polar surface area (TPSA) is 43.3 Å². The SMILES string of the molecule is Cn1cc(CC(=O)NC2CCOCC2)c2ccccc21. The van der Waals surface area contributed by atoms with E-state index in [2.05, 4.69) is 22.0 Å². The largest absolute Gasteiger partial charge is 0.381 e. The van der Waals surface area contributed by atoms with Crippen molar-refractivity contribution in [2.75, 3.05) is 13.2 Å². The smallest absolute Gasteiger partial charge is 0.224 e. The summed E-state index contributed by atoms with van der Waals surface area (Å²) in [5.74, 6) is 0.105. The Kier molecular flexibility index (Phi) is 3.74. The number of aromatic nitrogens is 1. The van der Waals surface area contributed by atoms with Crippen molar-refractivity contribution in [3.05, 3.63) is 36.0 Å². The number of hydrogen-bond acceptors (Lipinski definition) is 2. The number of fused-ring (bicyclic) bond motifs is 1. The highest BCUT2D eigenvalue weighted by atomic mass is 16.5. The van der Waals surface area contributed by atoms with E-state index < -0.39 is 0 Å². The zero-order valence-electron chi connectivity index (χ0n) is 11.8. The van der Waals surface area contributed by atoms with Gasteiger partial charge in [-0.2, -0.15) is 0 Å². The highest BCUT2D eigenvalue weighted by Gasteiger charge is 2.17. The second-order valence-electron chi connectivity index (χ2n) is 5.41. The number of nitrogens with zero attached hydrogens (tertiary/aromatic N) is 1. The fourth-order valence-electron chi connectivity index (χ4n) is 2.86. The zero-order valence-corrected chi connectivity index (χ0v) is 11.8. The summed E-state index contributed by atoms with van der Waals surface area (Å²) in [5.41, 5.74) is 2.26. The van der Waals surface area contributed by atoms with E-state index in [1.54, 1.807) is 0 Å². The number of amides is 1. The van der Waals surface area contributed by atoms with Crippen molar-refractivity contribution in [3.63, 3.8) is 0 Å². The maximum Gasteiger partial charge on any atom is 0.224 e. The molecule has 1 N–H and O–H groups in total. The van der Waals surface area contributed by atoms with Crippen LogP contribution in [0.3, 0.4) is 0 Å². The highest BCUT2D eigenvalue weighted by Crippen LogP contribution is 2.20. The van der Waals surface area contributed by atoms with Gasteiger partial charge in [0.05, 0.1) is 6.42 Å². The van der Waals surface area contributed by atoms with E-state index in [0.29, 0.717) is 6.42 Å². The van der Waals surface area contributed by atoms with Gasteiger partial charge in [0.15, 0.2) is 0 Å². The molecule has 1 fully saturated rings. The van der Waals surface area contributed by atoms with Crippen LogP contribution in [0.4, 0.5) is 0 Å². The number of carbonyl (C=O) groups is 1. The molecule has 0 spiro atoms. The maximum atomic E-state index is 12.2. The van der Waals surface area contributed by atoms with Crippen LogP contribution in [0.25, 0.3) is 10.9 Å². The third kappa shape index (κ3) is 2.70. The van der Waals surface area contributed by atoms with E-state index in [1.165, 1.54) is 5.52 Å². The molecule has 0 atom stereocenters. The molecule has 3 rings (SSSR count). The van der Waals surface area contributed by atoms with Gasteiger partial charge < -0.3 is 14.6 Å². The number of rotatable bonds is 3. The van der Waals surface area contributed by atoms with Gasteiger partial charge in [-0.3, -0.25) is 4.79 Å². The van der Waals surface area contributed by atoms with Crippen LogP contribution in [0, 0.1) is 0 Å². The molecule has 1 aliphatic rings. The predicted molar refractivity (Wildman–Crippen MR) is 78.6 cm³/mol. The first-order valence-corrected chi connectivity index (χ1v) is 7.14. The summed E-state index contributed by atoms with van der Waals surface area (Å²) in [6.07, 6.45) is 4.33. The number of benzene rings is 1. The molecule has 1 aromatic heterocycles. The summed E-state index contributed by atoms with van der Waals surface area (Å²) in [6, 6.07) is 8.46. The Morgan fingerprint density at radius 2 is 2.10 bits per heavy atom. The average Bonchev–Trinajstić information content (AvgIpc) is 2.77. The van der Waals surface area contributed by atoms with Crippen molar-refractivity contribution in [1.82, 2.24) is 9.88 Å². The number of ether oxygens (including phenoxy) is 1. The van der Waals surface area contributed by atoms with Crippen molar-refractivity contribution >= 4 is 16.8 Å². The lowest BCUT2D eigenvalue weighted by atomic mass is 10.1. The lowest BCUT2D eigenvalue weighted by molar-refractivity contribution is -0.121. The molecule has 106 valence electrons. The number of nitrogens with one attached hydrogen (secondary N) is 1. The van der Waals surface area contributed by atoms with E-state index in [-0.39, 0.29) is 11.9 Å². The molecule has 0 aliphatic carbocycles. The van der Waals surface area contributed by atoms with Gasteiger partial charge in [-0.1, -0.05) is 18.2 Å². The average molecular weight is 272 g/mol. The van der Waals surface area contributed by atoms with Gasteiger partial charge in [0, 0.05) is 43.4 Å². The van der Waals surface area contributed by atoms with Crippen molar-refractivity contribution in [1.29, 1.82) is 0 Å². The molecule has 0 unspecified atom stereocenters. The molecule has 20 heavy (non-hydrogen) atoms. The Morgan fingerprint density at radius 1 is 1.35 bits per heavy atom. The summed E-state index contributed by atoms with van der Waals surface area (Å²) >= 11 is 0. The van der Waals surface area contributed by atoms with Crippen LogP contribution in [0.1, 0.15) is 18.4 Å². The van der Waals surface area contributed by atoms with Crippen LogP contribution in [-0.4, -0.2) is 29.7 Å². The van der Waals surface area contributed by atoms with Crippen LogP contribution in [-0.2, 0) is 23.0 Å². The minimum Gasteiger partial charge on any atom is -0.381 e. The molecule has 2 heterocycles.